The molecule has 1 spiro atoms. The lowest BCUT2D eigenvalue weighted by Crippen LogP contribution is -2.55. The molecule has 1 heterocycles. The molecule has 0 unspecified atom stereocenters. The van der Waals surface area contributed by atoms with E-state index in [0.717, 1.165) is 40.4 Å². The Hall–Kier alpha value is -6.70. The van der Waals surface area contributed by atoms with Crippen molar-refractivity contribution in [2.75, 3.05) is 0 Å². The Morgan fingerprint density at radius 2 is 1.05 bits per heavy atom. The normalized spacial score (nSPS) is 23.1. The van der Waals surface area contributed by atoms with Crippen molar-refractivity contribution < 1.29 is 0 Å². The van der Waals surface area contributed by atoms with E-state index in [1.807, 2.05) is 48.5 Å². The van der Waals surface area contributed by atoms with E-state index in [-0.39, 0.29) is 10.8 Å². The molecular formula is C57H44N4. The number of aromatic nitrogens is 3. The molecule has 61 heavy (non-hydrogen) atoms. The van der Waals surface area contributed by atoms with E-state index in [9.17, 15) is 5.26 Å². The van der Waals surface area contributed by atoms with Gasteiger partial charge in [-0.25, -0.2) is 15.0 Å². The van der Waals surface area contributed by atoms with Gasteiger partial charge in [-0.1, -0.05) is 129 Å². The summed E-state index contributed by atoms with van der Waals surface area (Å²) < 4.78 is 0. The van der Waals surface area contributed by atoms with Crippen LogP contribution in [0.25, 0.3) is 78.3 Å². The number of rotatable bonds is 4. The average molecular weight is 785 g/mol. The van der Waals surface area contributed by atoms with Crippen LogP contribution in [0.2, 0.25) is 0 Å². The highest BCUT2D eigenvalue weighted by atomic mass is 15.0. The van der Waals surface area contributed by atoms with E-state index in [2.05, 4.69) is 111 Å². The van der Waals surface area contributed by atoms with Crippen LogP contribution >= 0.6 is 0 Å². The molecular weight excluding hydrogens is 741 g/mol. The quantitative estimate of drug-likeness (QED) is 0.178. The molecule has 4 nitrogen and oxygen atoms in total. The van der Waals surface area contributed by atoms with Gasteiger partial charge in [-0.15, -0.1) is 0 Å². The second-order valence-electron chi connectivity index (χ2n) is 19.2. The molecule has 0 N–H and O–H groups in total. The van der Waals surface area contributed by atoms with Gasteiger partial charge < -0.3 is 0 Å². The summed E-state index contributed by atoms with van der Waals surface area (Å²) in [5.74, 6) is 5.06. The Labute approximate surface area is 357 Å². The average Bonchev–Trinajstić information content (AvgIpc) is 3.72. The summed E-state index contributed by atoms with van der Waals surface area (Å²) in [6.45, 7) is 4.71. The van der Waals surface area contributed by atoms with Gasteiger partial charge in [0.2, 0.25) is 0 Å². The minimum Gasteiger partial charge on any atom is -0.208 e. The van der Waals surface area contributed by atoms with Crippen LogP contribution in [-0.4, -0.2) is 15.0 Å². The third-order valence-electron chi connectivity index (χ3n) is 15.7. The molecule has 4 heteroatoms. The van der Waals surface area contributed by atoms with Gasteiger partial charge in [0.25, 0.3) is 0 Å². The Morgan fingerprint density at radius 3 is 1.77 bits per heavy atom. The smallest absolute Gasteiger partial charge is 0.164 e. The standard InChI is InChI=1S/C57H44N4/c1-56(2)50-30-39(38-18-22-49-48(29-38)47-21-15-36-10-6-7-14-44(36)52(47)57(49)42-25-34-23-35(27-42)28-43(57)26-34)16-19-45(50)46-20-17-41(31-51(46)56)55-60-53(37-11-4-3-5-12-37)59-54(61-55)40-13-8-9-33(24-40)32-58/h3-22,24,29-31,34-35,42-43H,23,25-28H2,1-2H3. The molecule has 4 fully saturated rings. The highest BCUT2D eigenvalue weighted by Crippen LogP contribution is 2.70. The van der Waals surface area contributed by atoms with Gasteiger partial charge in [0, 0.05) is 27.5 Å². The van der Waals surface area contributed by atoms with Gasteiger partial charge in [0.15, 0.2) is 17.5 Å². The fourth-order valence-corrected chi connectivity index (χ4v) is 13.3. The molecule has 1 aromatic heterocycles. The van der Waals surface area contributed by atoms with Crippen LogP contribution in [0, 0.1) is 35.0 Å². The molecule has 0 saturated heterocycles. The van der Waals surface area contributed by atoms with Crippen LogP contribution in [0.4, 0.5) is 0 Å². The topological polar surface area (TPSA) is 62.5 Å². The molecule has 4 bridgehead atoms. The second kappa shape index (κ2) is 12.7. The summed E-state index contributed by atoms with van der Waals surface area (Å²) in [6.07, 6.45) is 7.01. The zero-order valence-electron chi connectivity index (χ0n) is 34.5. The van der Waals surface area contributed by atoms with E-state index < -0.39 is 0 Å². The van der Waals surface area contributed by atoms with E-state index in [4.69, 9.17) is 15.0 Å². The van der Waals surface area contributed by atoms with Crippen molar-refractivity contribution in [1.29, 1.82) is 5.26 Å². The highest BCUT2D eigenvalue weighted by molar-refractivity contribution is 5.99. The van der Waals surface area contributed by atoms with Crippen molar-refractivity contribution in [3.63, 3.8) is 0 Å². The summed E-state index contributed by atoms with van der Waals surface area (Å²) >= 11 is 0. The monoisotopic (exact) mass is 784 g/mol. The van der Waals surface area contributed by atoms with Crippen molar-refractivity contribution in [2.45, 2.75) is 56.8 Å². The predicted molar refractivity (Wildman–Crippen MR) is 245 cm³/mol. The van der Waals surface area contributed by atoms with Crippen LogP contribution in [0.3, 0.4) is 0 Å². The van der Waals surface area contributed by atoms with Crippen LogP contribution < -0.4 is 0 Å². The molecule has 4 saturated carbocycles. The minimum absolute atomic E-state index is 0.124. The van der Waals surface area contributed by atoms with Crippen molar-refractivity contribution in [3.05, 3.63) is 173 Å². The summed E-state index contributed by atoms with van der Waals surface area (Å²) in [7, 11) is 0. The maximum Gasteiger partial charge on any atom is 0.164 e. The Morgan fingerprint density at radius 1 is 0.475 bits per heavy atom. The number of hydrogen-bond donors (Lipinski definition) is 0. The number of fused-ring (bicyclic) bond motifs is 8. The van der Waals surface area contributed by atoms with Crippen molar-refractivity contribution in [1.82, 2.24) is 15.0 Å². The number of nitriles is 1. The fraction of sp³-hybridized carbons (Fsp3) is 0.228. The molecule has 0 aliphatic heterocycles. The van der Waals surface area contributed by atoms with Crippen LogP contribution in [0.15, 0.2) is 146 Å². The Kier molecular flexibility index (Phi) is 7.28. The SMILES string of the molecule is CC1(C)c2cc(-c3ccc4c(c3)-c3ccc5ccccc5c3C43C4CC5CC(C4)CC3C5)ccc2-c2ccc(-c3nc(-c4ccccc4)nc(-c4cccc(C#N)c4)n3)cc21. The number of hydrogen-bond acceptors (Lipinski definition) is 4. The third kappa shape index (κ3) is 4.95. The van der Waals surface area contributed by atoms with Gasteiger partial charge in [-0.3, -0.25) is 0 Å². The molecule has 14 rings (SSSR count). The maximum absolute atomic E-state index is 9.65. The van der Waals surface area contributed by atoms with Crippen LogP contribution in [-0.2, 0) is 10.8 Å². The fourth-order valence-electron chi connectivity index (χ4n) is 13.3. The molecule has 7 aromatic carbocycles. The summed E-state index contributed by atoms with van der Waals surface area (Å²) in [4.78, 5) is 15.0. The lowest BCUT2D eigenvalue weighted by molar-refractivity contribution is -0.0393. The van der Waals surface area contributed by atoms with Crippen molar-refractivity contribution in [2.24, 2.45) is 23.7 Å². The molecule has 0 atom stereocenters. The first-order chi connectivity index (χ1) is 29.9. The lowest BCUT2D eigenvalue weighted by atomic mass is 9.43. The Balaban J connectivity index is 0.905. The second-order valence-corrected chi connectivity index (χ2v) is 19.2. The van der Waals surface area contributed by atoms with Gasteiger partial charge >= 0.3 is 0 Å². The van der Waals surface area contributed by atoms with E-state index in [1.54, 1.807) is 17.2 Å². The summed E-state index contributed by atoms with van der Waals surface area (Å²) in [6, 6.07) is 55.2. The van der Waals surface area contributed by atoms with Crippen LogP contribution in [0.1, 0.15) is 73.8 Å². The number of benzene rings is 7. The first-order valence-corrected chi connectivity index (χ1v) is 22.2. The predicted octanol–water partition coefficient (Wildman–Crippen LogP) is 13.6. The molecule has 0 amide bonds. The van der Waals surface area contributed by atoms with E-state index in [0.29, 0.717) is 23.0 Å². The summed E-state index contributed by atoms with van der Waals surface area (Å²) in [5, 5.41) is 12.5. The molecule has 6 aliphatic rings. The van der Waals surface area contributed by atoms with Gasteiger partial charge in [0.1, 0.15) is 0 Å². The highest BCUT2D eigenvalue weighted by Gasteiger charge is 2.62. The molecule has 292 valence electrons. The first kappa shape index (κ1) is 35.1. The zero-order valence-corrected chi connectivity index (χ0v) is 34.5. The van der Waals surface area contributed by atoms with Gasteiger partial charge in [0.05, 0.1) is 11.6 Å². The van der Waals surface area contributed by atoms with Crippen molar-refractivity contribution in [3.8, 4) is 73.6 Å². The van der Waals surface area contributed by atoms with E-state index >= 15 is 0 Å². The van der Waals surface area contributed by atoms with Crippen LogP contribution in [0.5, 0.6) is 0 Å². The maximum atomic E-state index is 9.65. The largest absolute Gasteiger partial charge is 0.208 e. The van der Waals surface area contributed by atoms with Gasteiger partial charge in [-0.05, 0) is 153 Å². The molecule has 8 aromatic rings. The molecule has 0 radical (unpaired) electrons. The van der Waals surface area contributed by atoms with Gasteiger partial charge in [-0.2, -0.15) is 5.26 Å². The minimum atomic E-state index is -0.247. The van der Waals surface area contributed by atoms with E-state index in [1.165, 1.54) is 87.4 Å². The Bertz CT molecular complexity index is 3180. The number of nitrogens with zero attached hydrogens (tertiary/aromatic N) is 4. The lowest BCUT2D eigenvalue weighted by Gasteiger charge is -2.61. The third-order valence-corrected chi connectivity index (χ3v) is 15.7. The molecule has 6 aliphatic carbocycles. The van der Waals surface area contributed by atoms with Crippen molar-refractivity contribution >= 4 is 10.8 Å². The zero-order chi connectivity index (χ0) is 40.6. The summed E-state index contributed by atoms with van der Waals surface area (Å²) in [5.41, 5.74) is 17.0. The first-order valence-electron chi connectivity index (χ1n) is 22.2.